The summed E-state index contributed by atoms with van der Waals surface area (Å²) in [5.41, 5.74) is 9.71. The molecular weight excluding hydrogens is 210 g/mol. The van der Waals surface area contributed by atoms with E-state index in [0.717, 1.165) is 18.8 Å². The maximum absolute atomic E-state index is 6.00. The van der Waals surface area contributed by atoms with Crippen LogP contribution in [-0.2, 0) is 13.1 Å². The number of benzene rings is 1. The number of anilines is 1. The van der Waals surface area contributed by atoms with Crippen LogP contribution in [0, 0.1) is 0 Å². The Bertz CT molecular complexity index is 374. The standard InChI is InChI=1S/C14H23N3/c1-16(2)8-3-4-9-17-10-12-6-5-7-14(15)13(12)11-17/h5-7H,3-4,8-11,15H2,1-2H3. The first kappa shape index (κ1) is 12.4. The van der Waals surface area contributed by atoms with E-state index in [2.05, 4.69) is 36.0 Å². The van der Waals surface area contributed by atoms with E-state index in [-0.39, 0.29) is 0 Å². The van der Waals surface area contributed by atoms with Gasteiger partial charge in [-0.2, -0.15) is 0 Å². The molecule has 1 aromatic carbocycles. The number of nitrogens with zero attached hydrogens (tertiary/aromatic N) is 2. The van der Waals surface area contributed by atoms with Gasteiger partial charge in [-0.05, 0) is 57.2 Å². The van der Waals surface area contributed by atoms with E-state index in [1.54, 1.807) is 0 Å². The average molecular weight is 233 g/mol. The number of rotatable bonds is 5. The fraction of sp³-hybridized carbons (Fsp3) is 0.571. The van der Waals surface area contributed by atoms with E-state index in [0.29, 0.717) is 0 Å². The molecule has 1 aromatic rings. The Balaban J connectivity index is 1.78. The van der Waals surface area contributed by atoms with Crippen LogP contribution >= 0.6 is 0 Å². The van der Waals surface area contributed by atoms with Crippen LogP contribution in [0.3, 0.4) is 0 Å². The molecule has 0 aliphatic carbocycles. The summed E-state index contributed by atoms with van der Waals surface area (Å²) in [6.07, 6.45) is 2.54. The fourth-order valence-corrected chi connectivity index (χ4v) is 2.44. The first-order chi connectivity index (χ1) is 8.16. The molecule has 3 nitrogen and oxygen atoms in total. The third kappa shape index (κ3) is 3.20. The summed E-state index contributed by atoms with van der Waals surface area (Å²) in [5, 5.41) is 0. The molecule has 0 atom stereocenters. The molecule has 0 saturated carbocycles. The van der Waals surface area contributed by atoms with Crippen molar-refractivity contribution in [3.8, 4) is 0 Å². The molecule has 1 aliphatic heterocycles. The predicted molar refractivity (Wildman–Crippen MR) is 72.8 cm³/mol. The molecule has 0 radical (unpaired) electrons. The SMILES string of the molecule is CN(C)CCCCN1Cc2cccc(N)c2C1. The Kier molecular flexibility index (Phi) is 4.02. The zero-order valence-electron chi connectivity index (χ0n) is 10.9. The zero-order valence-corrected chi connectivity index (χ0v) is 10.9. The molecule has 0 aromatic heterocycles. The van der Waals surface area contributed by atoms with E-state index in [9.17, 15) is 0 Å². The number of fused-ring (bicyclic) bond motifs is 1. The Morgan fingerprint density at radius 2 is 2.06 bits per heavy atom. The highest BCUT2D eigenvalue weighted by molar-refractivity contribution is 5.52. The van der Waals surface area contributed by atoms with Gasteiger partial charge in [0.05, 0.1) is 0 Å². The number of hydrogen-bond acceptors (Lipinski definition) is 3. The van der Waals surface area contributed by atoms with Crippen LogP contribution < -0.4 is 5.73 Å². The molecule has 0 unspecified atom stereocenters. The zero-order chi connectivity index (χ0) is 12.3. The lowest BCUT2D eigenvalue weighted by Crippen LogP contribution is -2.20. The van der Waals surface area contributed by atoms with Gasteiger partial charge in [-0.25, -0.2) is 0 Å². The van der Waals surface area contributed by atoms with Crippen LogP contribution in [0.15, 0.2) is 18.2 Å². The van der Waals surface area contributed by atoms with Crippen molar-refractivity contribution in [1.29, 1.82) is 0 Å². The van der Waals surface area contributed by atoms with E-state index < -0.39 is 0 Å². The van der Waals surface area contributed by atoms with Crippen LogP contribution in [0.1, 0.15) is 24.0 Å². The van der Waals surface area contributed by atoms with Crippen LogP contribution in [0.25, 0.3) is 0 Å². The summed E-state index contributed by atoms with van der Waals surface area (Å²) >= 11 is 0. The van der Waals surface area contributed by atoms with Gasteiger partial charge in [0, 0.05) is 18.8 Å². The van der Waals surface area contributed by atoms with E-state index in [1.807, 2.05) is 6.07 Å². The summed E-state index contributed by atoms with van der Waals surface area (Å²) < 4.78 is 0. The van der Waals surface area contributed by atoms with Crippen LogP contribution in [0.5, 0.6) is 0 Å². The van der Waals surface area contributed by atoms with Gasteiger partial charge in [-0.3, -0.25) is 4.90 Å². The molecule has 0 spiro atoms. The molecule has 2 N–H and O–H groups in total. The van der Waals surface area contributed by atoms with Crippen molar-refractivity contribution in [1.82, 2.24) is 9.80 Å². The van der Waals surface area contributed by atoms with Gasteiger partial charge in [-0.1, -0.05) is 12.1 Å². The lowest BCUT2D eigenvalue weighted by atomic mass is 10.1. The van der Waals surface area contributed by atoms with Gasteiger partial charge in [0.1, 0.15) is 0 Å². The van der Waals surface area contributed by atoms with E-state index in [4.69, 9.17) is 5.73 Å². The van der Waals surface area contributed by atoms with Crippen LogP contribution in [-0.4, -0.2) is 37.0 Å². The van der Waals surface area contributed by atoms with Gasteiger partial charge in [-0.15, -0.1) is 0 Å². The van der Waals surface area contributed by atoms with Gasteiger partial charge in [0.25, 0.3) is 0 Å². The summed E-state index contributed by atoms with van der Waals surface area (Å²) in [4.78, 5) is 4.74. The molecule has 0 saturated heterocycles. The lowest BCUT2D eigenvalue weighted by molar-refractivity contribution is 0.270. The largest absolute Gasteiger partial charge is 0.398 e. The first-order valence-corrected chi connectivity index (χ1v) is 6.40. The van der Waals surface area contributed by atoms with Crippen molar-refractivity contribution in [3.63, 3.8) is 0 Å². The predicted octanol–water partition coefficient (Wildman–Crippen LogP) is 1.93. The molecule has 0 bridgehead atoms. The Morgan fingerprint density at radius 1 is 1.24 bits per heavy atom. The highest BCUT2D eigenvalue weighted by Crippen LogP contribution is 2.27. The normalized spacial score (nSPS) is 15.5. The van der Waals surface area contributed by atoms with Crippen molar-refractivity contribution >= 4 is 5.69 Å². The minimum atomic E-state index is 0.957. The monoisotopic (exact) mass is 233 g/mol. The maximum Gasteiger partial charge on any atom is 0.0363 e. The third-order valence-corrected chi connectivity index (χ3v) is 3.41. The van der Waals surface area contributed by atoms with Gasteiger partial charge < -0.3 is 10.6 Å². The minimum Gasteiger partial charge on any atom is -0.398 e. The Hall–Kier alpha value is -1.06. The molecule has 0 amide bonds. The Labute approximate surface area is 104 Å². The summed E-state index contributed by atoms with van der Waals surface area (Å²) in [7, 11) is 4.26. The minimum absolute atomic E-state index is 0.957. The molecule has 1 aliphatic rings. The van der Waals surface area contributed by atoms with Gasteiger partial charge >= 0.3 is 0 Å². The molecule has 94 valence electrons. The second kappa shape index (κ2) is 5.52. The number of unbranched alkanes of at least 4 members (excludes halogenated alkanes) is 1. The van der Waals surface area contributed by atoms with Crippen LogP contribution in [0.4, 0.5) is 5.69 Å². The second-order valence-corrected chi connectivity index (χ2v) is 5.21. The fourth-order valence-electron chi connectivity index (χ4n) is 2.44. The summed E-state index contributed by atoms with van der Waals surface area (Å²) in [5.74, 6) is 0. The Morgan fingerprint density at radius 3 is 2.76 bits per heavy atom. The second-order valence-electron chi connectivity index (χ2n) is 5.21. The average Bonchev–Trinajstić information content (AvgIpc) is 2.69. The van der Waals surface area contributed by atoms with Crippen molar-refractivity contribution in [2.75, 3.05) is 32.9 Å². The summed E-state index contributed by atoms with van der Waals surface area (Å²) in [6, 6.07) is 6.27. The van der Waals surface area contributed by atoms with Crippen LogP contribution in [0.2, 0.25) is 0 Å². The molecule has 17 heavy (non-hydrogen) atoms. The number of nitrogen functional groups attached to an aromatic ring is 1. The number of hydrogen-bond donors (Lipinski definition) is 1. The smallest absolute Gasteiger partial charge is 0.0363 e. The van der Waals surface area contributed by atoms with Gasteiger partial charge in [0.15, 0.2) is 0 Å². The topological polar surface area (TPSA) is 32.5 Å². The molecule has 3 heteroatoms. The molecule has 0 fully saturated rings. The number of nitrogens with two attached hydrogens (primary N) is 1. The third-order valence-electron chi connectivity index (χ3n) is 3.41. The van der Waals surface area contributed by atoms with Crippen molar-refractivity contribution in [2.45, 2.75) is 25.9 Å². The highest BCUT2D eigenvalue weighted by atomic mass is 15.1. The highest BCUT2D eigenvalue weighted by Gasteiger charge is 2.19. The van der Waals surface area contributed by atoms with Crippen molar-refractivity contribution in [2.24, 2.45) is 0 Å². The molecule has 2 rings (SSSR count). The lowest BCUT2D eigenvalue weighted by Gasteiger charge is -2.15. The van der Waals surface area contributed by atoms with E-state index in [1.165, 1.54) is 37.1 Å². The first-order valence-electron chi connectivity index (χ1n) is 6.40. The maximum atomic E-state index is 6.00. The summed E-state index contributed by atoms with van der Waals surface area (Å²) in [6.45, 7) is 4.47. The van der Waals surface area contributed by atoms with Crippen molar-refractivity contribution < 1.29 is 0 Å². The van der Waals surface area contributed by atoms with Crippen molar-refractivity contribution in [3.05, 3.63) is 29.3 Å². The molecule has 1 heterocycles. The van der Waals surface area contributed by atoms with E-state index >= 15 is 0 Å². The van der Waals surface area contributed by atoms with Gasteiger partial charge in [0.2, 0.25) is 0 Å². The molecular formula is C14H23N3. The quantitative estimate of drug-likeness (QED) is 0.623.